The zero-order chi connectivity index (χ0) is 20.5. The van der Waals surface area contributed by atoms with E-state index in [9.17, 15) is 8.42 Å². The molecule has 156 valence electrons. The third-order valence-electron chi connectivity index (χ3n) is 8.58. The monoisotopic (exact) mass is 406 g/mol. The van der Waals surface area contributed by atoms with Gasteiger partial charge in [0.15, 0.2) is 9.84 Å². The van der Waals surface area contributed by atoms with E-state index in [0.717, 1.165) is 24.8 Å². The predicted molar refractivity (Wildman–Crippen MR) is 111 cm³/mol. The van der Waals surface area contributed by atoms with Gasteiger partial charge >= 0.3 is 0 Å². The van der Waals surface area contributed by atoms with Gasteiger partial charge in [0, 0.05) is 17.0 Å². The summed E-state index contributed by atoms with van der Waals surface area (Å²) in [5.74, 6) is 2.10. The van der Waals surface area contributed by atoms with Crippen LogP contribution in [0, 0.1) is 22.7 Å². The van der Waals surface area contributed by atoms with Crippen LogP contribution < -0.4 is 9.47 Å². The van der Waals surface area contributed by atoms with Crippen molar-refractivity contribution in [1.29, 1.82) is 0 Å². The third-order valence-corrected chi connectivity index (χ3v) is 10.3. The van der Waals surface area contributed by atoms with Gasteiger partial charge in [0.25, 0.3) is 0 Å². The maximum atomic E-state index is 13.5. The summed E-state index contributed by atoms with van der Waals surface area (Å²) in [5, 5.41) is 0. The van der Waals surface area contributed by atoms with Crippen molar-refractivity contribution in [2.75, 3.05) is 20.0 Å². The molecule has 5 heteroatoms. The zero-order valence-corrected chi connectivity index (χ0v) is 18.9. The first kappa shape index (κ1) is 20.1. The number of methoxy groups -OCH3 is 2. The average molecular weight is 407 g/mol. The van der Waals surface area contributed by atoms with Crippen LogP contribution in [0.2, 0.25) is 0 Å². The minimum atomic E-state index is -3.40. The summed E-state index contributed by atoms with van der Waals surface area (Å²) in [6.45, 7) is 9.42. The fraction of sp³-hybridized carbons (Fsp3) is 0.739. The Morgan fingerprint density at radius 3 is 2.32 bits per heavy atom. The van der Waals surface area contributed by atoms with Crippen LogP contribution in [0.1, 0.15) is 65.4 Å². The summed E-state index contributed by atoms with van der Waals surface area (Å²) in [6, 6.07) is 3.55. The number of ether oxygens (including phenoxy) is 2. The lowest BCUT2D eigenvalue weighted by molar-refractivity contribution is -0.0984. The van der Waals surface area contributed by atoms with Crippen LogP contribution in [0.15, 0.2) is 17.0 Å². The summed E-state index contributed by atoms with van der Waals surface area (Å²) in [6.07, 6.45) is 5.68. The van der Waals surface area contributed by atoms with E-state index >= 15 is 0 Å². The first-order valence-corrected chi connectivity index (χ1v) is 12.1. The average Bonchev–Trinajstić information content (AvgIpc) is 2.62. The quantitative estimate of drug-likeness (QED) is 0.694. The van der Waals surface area contributed by atoms with Crippen LogP contribution >= 0.6 is 0 Å². The lowest BCUT2D eigenvalue weighted by Crippen LogP contribution is -2.59. The van der Waals surface area contributed by atoms with Crippen molar-refractivity contribution in [1.82, 2.24) is 0 Å². The van der Waals surface area contributed by atoms with E-state index in [1.165, 1.54) is 12.8 Å². The summed E-state index contributed by atoms with van der Waals surface area (Å²) in [7, 11) is -0.204. The Morgan fingerprint density at radius 1 is 0.964 bits per heavy atom. The molecule has 1 heterocycles. The Hall–Kier alpha value is -1.23. The molecule has 4 unspecified atom stereocenters. The van der Waals surface area contributed by atoms with Gasteiger partial charge in [-0.15, -0.1) is 0 Å². The van der Waals surface area contributed by atoms with Crippen molar-refractivity contribution in [3.8, 4) is 11.5 Å². The highest BCUT2D eigenvalue weighted by Crippen LogP contribution is 2.67. The molecule has 4 nitrogen and oxygen atoms in total. The lowest BCUT2D eigenvalue weighted by Gasteiger charge is -2.63. The number of fused-ring (bicyclic) bond motifs is 5. The van der Waals surface area contributed by atoms with Gasteiger partial charge in [0.1, 0.15) is 11.5 Å². The molecule has 0 radical (unpaired) electrons. The molecule has 0 spiro atoms. The summed E-state index contributed by atoms with van der Waals surface area (Å²) < 4.78 is 38.0. The van der Waals surface area contributed by atoms with Gasteiger partial charge in [-0.05, 0) is 54.4 Å². The highest BCUT2D eigenvalue weighted by Gasteiger charge is 2.62. The van der Waals surface area contributed by atoms with Crippen LogP contribution in [0.3, 0.4) is 0 Å². The molecule has 1 aliphatic heterocycles. The van der Waals surface area contributed by atoms with Crippen molar-refractivity contribution in [2.45, 2.75) is 70.1 Å². The van der Waals surface area contributed by atoms with Crippen LogP contribution in [0.25, 0.3) is 0 Å². The SMILES string of the molecule is COc1cc(OC)c2c(c1)S(=O)(=O)CC1C2(C)CCC2C(C)(C)CCCC21C. The topological polar surface area (TPSA) is 52.6 Å². The molecule has 2 aliphatic carbocycles. The van der Waals surface area contributed by atoms with Crippen molar-refractivity contribution in [3.05, 3.63) is 17.7 Å². The van der Waals surface area contributed by atoms with Gasteiger partial charge in [-0.2, -0.15) is 0 Å². The molecule has 28 heavy (non-hydrogen) atoms. The molecule has 4 rings (SSSR count). The van der Waals surface area contributed by atoms with Gasteiger partial charge in [-0.1, -0.05) is 34.1 Å². The highest BCUT2D eigenvalue weighted by molar-refractivity contribution is 7.91. The van der Waals surface area contributed by atoms with E-state index in [2.05, 4.69) is 27.7 Å². The Labute approximate surface area is 169 Å². The minimum absolute atomic E-state index is 0.0322. The maximum Gasteiger partial charge on any atom is 0.179 e. The third kappa shape index (κ3) is 2.57. The van der Waals surface area contributed by atoms with Gasteiger partial charge in [0.05, 0.1) is 24.9 Å². The van der Waals surface area contributed by atoms with Crippen molar-refractivity contribution >= 4 is 9.84 Å². The fourth-order valence-corrected chi connectivity index (χ4v) is 9.59. The first-order valence-electron chi connectivity index (χ1n) is 10.5. The van der Waals surface area contributed by atoms with Crippen LogP contribution in [0.4, 0.5) is 0 Å². The van der Waals surface area contributed by atoms with E-state index in [4.69, 9.17) is 9.47 Å². The van der Waals surface area contributed by atoms with Crippen LogP contribution in [0.5, 0.6) is 11.5 Å². The second-order valence-corrected chi connectivity index (χ2v) is 12.4. The fourth-order valence-electron chi connectivity index (χ4n) is 7.29. The lowest BCUT2D eigenvalue weighted by atomic mass is 9.43. The number of hydrogen-bond acceptors (Lipinski definition) is 4. The number of hydrogen-bond donors (Lipinski definition) is 0. The van der Waals surface area contributed by atoms with Gasteiger partial charge in [0.2, 0.25) is 0 Å². The minimum Gasteiger partial charge on any atom is -0.497 e. The molecule has 0 amide bonds. The van der Waals surface area contributed by atoms with Crippen molar-refractivity contribution in [2.24, 2.45) is 22.7 Å². The largest absolute Gasteiger partial charge is 0.497 e. The Kier molecular flexibility index (Phi) is 4.39. The maximum absolute atomic E-state index is 13.5. The zero-order valence-electron chi connectivity index (χ0n) is 18.1. The molecule has 1 aromatic rings. The van der Waals surface area contributed by atoms with Crippen molar-refractivity contribution < 1.29 is 17.9 Å². The first-order chi connectivity index (χ1) is 13.0. The molecular formula is C23H34O4S. The second kappa shape index (κ2) is 6.13. The molecule has 0 aromatic heterocycles. The molecule has 2 saturated carbocycles. The van der Waals surface area contributed by atoms with Crippen LogP contribution in [-0.4, -0.2) is 28.4 Å². The van der Waals surface area contributed by atoms with E-state index in [0.29, 0.717) is 22.3 Å². The summed E-state index contributed by atoms with van der Waals surface area (Å²) in [5.41, 5.74) is 0.985. The van der Waals surface area contributed by atoms with Gasteiger partial charge < -0.3 is 9.47 Å². The standard InChI is InChI=1S/C23H34O4S/c1-21(2)9-7-10-22(3)18(21)8-11-23(4)19(22)14-28(24,25)17-13-15(26-5)12-16(27-6)20(17)23/h12-13,18-19H,7-11,14H2,1-6H3. The molecule has 2 fully saturated rings. The molecule has 0 N–H and O–H groups in total. The number of benzene rings is 1. The summed E-state index contributed by atoms with van der Waals surface area (Å²) in [4.78, 5) is 0.416. The van der Waals surface area contributed by atoms with E-state index < -0.39 is 9.84 Å². The second-order valence-electron chi connectivity index (χ2n) is 10.4. The van der Waals surface area contributed by atoms with E-state index in [1.807, 2.05) is 6.07 Å². The van der Waals surface area contributed by atoms with Crippen LogP contribution in [-0.2, 0) is 15.3 Å². The normalized spacial score (nSPS) is 37.9. The highest BCUT2D eigenvalue weighted by atomic mass is 32.2. The molecule has 0 saturated heterocycles. The molecule has 1 aromatic carbocycles. The summed E-state index contributed by atoms with van der Waals surface area (Å²) >= 11 is 0. The molecule has 3 aliphatic rings. The molecular weight excluding hydrogens is 372 g/mol. The van der Waals surface area contributed by atoms with Crippen molar-refractivity contribution in [3.63, 3.8) is 0 Å². The number of rotatable bonds is 2. The van der Waals surface area contributed by atoms with Gasteiger partial charge in [-0.25, -0.2) is 8.42 Å². The molecule has 0 bridgehead atoms. The van der Waals surface area contributed by atoms with E-state index in [1.54, 1.807) is 20.3 Å². The smallest absolute Gasteiger partial charge is 0.179 e. The Morgan fingerprint density at radius 2 is 1.68 bits per heavy atom. The predicted octanol–water partition coefficient (Wildman–Crippen LogP) is 4.99. The van der Waals surface area contributed by atoms with E-state index in [-0.39, 0.29) is 27.9 Å². The number of sulfone groups is 1. The Balaban J connectivity index is 1.95. The van der Waals surface area contributed by atoms with Gasteiger partial charge in [-0.3, -0.25) is 0 Å². The molecule has 4 atom stereocenters. The Bertz CT molecular complexity index is 903.